The number of nitrogens with zero attached hydrogens (tertiary/aromatic N) is 3. The van der Waals surface area contributed by atoms with Gasteiger partial charge in [0.05, 0.1) is 22.4 Å². The number of carbonyl (C=O) groups is 2. The number of para-hydroxylation sites is 2. The van der Waals surface area contributed by atoms with Crippen molar-refractivity contribution in [3.8, 4) is 0 Å². The minimum absolute atomic E-state index is 0. The van der Waals surface area contributed by atoms with Gasteiger partial charge in [-0.3, -0.25) is 24.5 Å². The van der Waals surface area contributed by atoms with Crippen LogP contribution in [0.2, 0.25) is 0 Å². The highest BCUT2D eigenvalue weighted by Gasteiger charge is 2.03. The van der Waals surface area contributed by atoms with Gasteiger partial charge in [-0.1, -0.05) is 89.4 Å². The highest BCUT2D eigenvalue weighted by Crippen LogP contribution is 2.20. The van der Waals surface area contributed by atoms with Gasteiger partial charge in [0.1, 0.15) is 5.78 Å². The molecular formula is C38H50ClN5O2. The molecule has 5 rings (SSSR count). The van der Waals surface area contributed by atoms with Crippen molar-refractivity contribution in [2.45, 2.75) is 79.1 Å². The molecule has 3 aromatic heterocycles. The summed E-state index contributed by atoms with van der Waals surface area (Å²) in [5.41, 5.74) is 9.28. The summed E-state index contributed by atoms with van der Waals surface area (Å²) >= 11 is 5.12. The summed E-state index contributed by atoms with van der Waals surface area (Å²) in [5, 5.41) is 5.31. The highest BCUT2D eigenvalue weighted by atomic mass is 35.5. The average molecular weight is 644 g/mol. The largest absolute Gasteiger partial charge is 0.397 e. The number of anilines is 2. The predicted molar refractivity (Wildman–Crippen MR) is 196 cm³/mol. The van der Waals surface area contributed by atoms with Crippen molar-refractivity contribution >= 4 is 55.8 Å². The number of pyridine rings is 3. The number of unbranched alkanes of at least 4 members (excludes halogenated alkanes) is 4. The number of aromatic nitrogens is 3. The van der Waals surface area contributed by atoms with Crippen LogP contribution in [0.3, 0.4) is 0 Å². The first kappa shape index (κ1) is 39.7. The lowest BCUT2D eigenvalue weighted by molar-refractivity contribution is -0.119. The molecule has 0 atom stereocenters. The molecule has 0 aliphatic rings. The average Bonchev–Trinajstić information content (AvgIpc) is 3.08. The molecule has 0 bridgehead atoms. The first-order valence-electron chi connectivity index (χ1n) is 15.7. The number of nitrogens with two attached hydrogens (primary N) is 1. The lowest BCUT2D eigenvalue weighted by atomic mass is 10.1. The van der Waals surface area contributed by atoms with Gasteiger partial charge >= 0.3 is 0 Å². The second-order valence-corrected chi connectivity index (χ2v) is 10.7. The molecule has 2 aromatic carbocycles. The molecule has 0 unspecified atom stereocenters. The van der Waals surface area contributed by atoms with Crippen molar-refractivity contribution in [3.63, 3.8) is 0 Å². The fourth-order valence-electron chi connectivity index (χ4n) is 4.21. The molecule has 8 heteroatoms. The Bertz CT molecular complexity index is 1490. The van der Waals surface area contributed by atoms with E-state index in [1.54, 1.807) is 24.8 Å². The Morgan fingerprint density at radius 1 is 0.674 bits per heavy atom. The van der Waals surface area contributed by atoms with E-state index in [9.17, 15) is 9.59 Å². The highest BCUT2D eigenvalue weighted by molar-refractivity contribution is 6.63. The van der Waals surface area contributed by atoms with Crippen molar-refractivity contribution in [1.82, 2.24) is 15.0 Å². The van der Waals surface area contributed by atoms with Crippen molar-refractivity contribution in [2.24, 2.45) is 0 Å². The summed E-state index contributed by atoms with van der Waals surface area (Å²) < 4.78 is 0. The summed E-state index contributed by atoms with van der Waals surface area (Å²) in [6, 6.07) is 25.4. The van der Waals surface area contributed by atoms with E-state index in [4.69, 9.17) is 17.3 Å². The Balaban J connectivity index is 0.000000333. The normalized spacial score (nSPS) is 9.72. The van der Waals surface area contributed by atoms with Crippen LogP contribution in [0.5, 0.6) is 0 Å². The molecule has 0 saturated heterocycles. The van der Waals surface area contributed by atoms with Gasteiger partial charge in [0.15, 0.2) is 0 Å². The number of ketones is 1. The van der Waals surface area contributed by atoms with Crippen LogP contribution in [0.1, 0.15) is 79.1 Å². The summed E-state index contributed by atoms with van der Waals surface area (Å²) in [4.78, 5) is 34.1. The van der Waals surface area contributed by atoms with Crippen molar-refractivity contribution < 1.29 is 9.59 Å². The van der Waals surface area contributed by atoms with E-state index in [-0.39, 0.29) is 12.7 Å². The van der Waals surface area contributed by atoms with Gasteiger partial charge in [0.2, 0.25) is 5.24 Å². The predicted octanol–water partition coefficient (Wildman–Crippen LogP) is 10.1. The Morgan fingerprint density at radius 3 is 1.85 bits per heavy atom. The second kappa shape index (κ2) is 24.9. The summed E-state index contributed by atoms with van der Waals surface area (Å²) in [7, 11) is 0. The number of Topliss-reactive ketones (excluding diaryl/α,β-unsaturated/α-hetero) is 1. The van der Waals surface area contributed by atoms with Gasteiger partial charge < -0.3 is 11.1 Å². The topological polar surface area (TPSA) is 111 Å². The number of hydrogen-bond acceptors (Lipinski definition) is 7. The number of nitrogens with one attached hydrogen (secondary N) is 1. The number of nitrogen functional groups attached to an aromatic ring is 1. The first-order valence-corrected chi connectivity index (χ1v) is 16.1. The monoisotopic (exact) mass is 643 g/mol. The molecule has 0 saturated carbocycles. The number of halogens is 1. The van der Waals surface area contributed by atoms with Crippen LogP contribution in [0.4, 0.5) is 11.4 Å². The Labute approximate surface area is 280 Å². The minimum atomic E-state index is -0.203. The molecule has 0 amide bonds. The molecular weight excluding hydrogens is 594 g/mol. The van der Waals surface area contributed by atoms with Gasteiger partial charge in [-0.15, -0.1) is 0 Å². The van der Waals surface area contributed by atoms with E-state index >= 15 is 0 Å². The minimum Gasteiger partial charge on any atom is -0.397 e. The quantitative estimate of drug-likeness (QED) is 0.0790. The van der Waals surface area contributed by atoms with Crippen molar-refractivity contribution in [3.05, 3.63) is 104 Å². The maximum atomic E-state index is 11.6. The van der Waals surface area contributed by atoms with Crippen LogP contribution in [0, 0.1) is 0 Å². The summed E-state index contributed by atoms with van der Waals surface area (Å²) in [6.45, 7) is 4.92. The van der Waals surface area contributed by atoms with Crippen LogP contribution < -0.4 is 11.1 Å². The van der Waals surface area contributed by atoms with E-state index in [1.165, 1.54) is 12.8 Å². The molecule has 0 fully saturated rings. The van der Waals surface area contributed by atoms with E-state index in [0.717, 1.165) is 58.9 Å². The zero-order valence-corrected chi connectivity index (χ0v) is 27.3. The third-order valence-electron chi connectivity index (χ3n) is 6.62. The molecule has 0 radical (unpaired) electrons. The van der Waals surface area contributed by atoms with Crippen molar-refractivity contribution in [1.29, 1.82) is 0 Å². The molecule has 0 aliphatic carbocycles. The van der Waals surface area contributed by atoms with Gasteiger partial charge in [0.25, 0.3) is 0 Å². The molecule has 3 heterocycles. The number of hydrogen-bond donors (Lipinski definition) is 2. The zero-order valence-electron chi connectivity index (χ0n) is 26.5. The first-order chi connectivity index (χ1) is 22.0. The molecule has 7 nitrogen and oxygen atoms in total. The molecule has 3 N–H and O–H groups in total. The fourth-order valence-corrected chi connectivity index (χ4v) is 4.35. The summed E-state index contributed by atoms with van der Waals surface area (Å²) in [5.74, 6) is 0.336. The SMILES string of the molecule is C.CCCCC(=O)CCNc1cccc2cccnc12.CCCCCCC(=O)Cl.Nc1cccc2cccnc12.c1ccncc1. The molecule has 5 aromatic rings. The van der Waals surface area contributed by atoms with Gasteiger partial charge in [0, 0.05) is 61.4 Å². The number of rotatable bonds is 12. The van der Waals surface area contributed by atoms with Crippen LogP contribution in [0.25, 0.3) is 21.8 Å². The van der Waals surface area contributed by atoms with Crippen LogP contribution in [-0.2, 0) is 9.59 Å². The maximum absolute atomic E-state index is 11.6. The lowest BCUT2D eigenvalue weighted by Gasteiger charge is -2.08. The Kier molecular flexibility index (Phi) is 21.5. The van der Waals surface area contributed by atoms with Gasteiger partial charge in [-0.25, -0.2) is 0 Å². The second-order valence-electron chi connectivity index (χ2n) is 10.3. The standard InChI is InChI=1S/C16H20N2O.C9H8N2.C7H13ClO.C5H5N.CH4/c1-2-3-8-14(19)10-12-17-15-9-4-6-13-7-5-11-18-16(13)15;10-8-5-1-3-7-4-2-6-11-9(7)8;1-2-3-4-5-6-7(8)9;1-2-4-6-5-3-1;/h4-7,9,11,17H,2-3,8,10,12H2,1H3;1-6H,10H2;2-6H2,1H3;1-5H;1H4. The Hall–Kier alpha value is -4.36. The van der Waals surface area contributed by atoms with E-state index in [2.05, 4.69) is 34.1 Å². The summed E-state index contributed by atoms with van der Waals surface area (Å²) in [6.07, 6.45) is 15.4. The molecule has 46 heavy (non-hydrogen) atoms. The van der Waals surface area contributed by atoms with Gasteiger partial charge in [-0.2, -0.15) is 0 Å². The molecule has 0 spiro atoms. The zero-order chi connectivity index (χ0) is 32.5. The maximum Gasteiger partial charge on any atom is 0.221 e. The third kappa shape index (κ3) is 16.6. The van der Waals surface area contributed by atoms with E-state index < -0.39 is 0 Å². The smallest absolute Gasteiger partial charge is 0.221 e. The third-order valence-corrected chi connectivity index (χ3v) is 6.81. The lowest BCUT2D eigenvalue weighted by Crippen LogP contribution is -2.08. The number of carbonyl (C=O) groups excluding carboxylic acids is 2. The Morgan fingerprint density at radius 2 is 1.28 bits per heavy atom. The number of fused-ring (bicyclic) bond motifs is 2. The van der Waals surface area contributed by atoms with Crippen molar-refractivity contribution in [2.75, 3.05) is 17.6 Å². The van der Waals surface area contributed by atoms with E-state index in [0.29, 0.717) is 31.6 Å². The van der Waals surface area contributed by atoms with Gasteiger partial charge in [-0.05, 0) is 60.8 Å². The van der Waals surface area contributed by atoms with E-state index in [1.807, 2.05) is 78.9 Å². The fraction of sp³-hybridized carbons (Fsp3) is 0.342. The molecule has 0 aliphatic heterocycles. The van der Waals surface area contributed by atoms with Crippen LogP contribution in [0.15, 0.2) is 104 Å². The van der Waals surface area contributed by atoms with Crippen LogP contribution in [-0.4, -0.2) is 32.5 Å². The number of benzene rings is 2. The molecule has 246 valence electrons. The van der Waals surface area contributed by atoms with Crippen LogP contribution >= 0.6 is 11.6 Å².